The van der Waals surface area contributed by atoms with Gasteiger partial charge in [-0.25, -0.2) is 14.8 Å². The highest BCUT2D eigenvalue weighted by Crippen LogP contribution is 2.26. The fourth-order valence-corrected chi connectivity index (χ4v) is 3.45. The van der Waals surface area contributed by atoms with Gasteiger partial charge in [0.15, 0.2) is 5.65 Å². The lowest BCUT2D eigenvalue weighted by molar-refractivity contribution is 0.0698. The number of H-pyrrole nitrogens is 1. The van der Waals surface area contributed by atoms with Crippen LogP contribution in [-0.4, -0.2) is 64.2 Å². The summed E-state index contributed by atoms with van der Waals surface area (Å²) in [6, 6.07) is 10.3. The van der Waals surface area contributed by atoms with Gasteiger partial charge >= 0.3 is 5.97 Å². The van der Waals surface area contributed by atoms with Crippen LogP contribution in [0, 0.1) is 0 Å². The van der Waals surface area contributed by atoms with Crippen molar-refractivity contribution in [1.82, 2.24) is 19.9 Å². The van der Waals surface area contributed by atoms with Crippen LogP contribution in [0.5, 0.6) is 0 Å². The molecule has 7 heteroatoms. The van der Waals surface area contributed by atoms with E-state index >= 15 is 0 Å². The van der Waals surface area contributed by atoms with E-state index in [1.165, 1.54) is 24.4 Å². The lowest BCUT2D eigenvalue weighted by Gasteiger charge is -2.21. The maximum Gasteiger partial charge on any atom is 0.338 e. The smallest absolute Gasteiger partial charge is 0.338 e. The second kappa shape index (κ2) is 6.42. The predicted octanol–water partition coefficient (Wildman–Crippen LogP) is 2.46. The van der Waals surface area contributed by atoms with E-state index in [-0.39, 0.29) is 5.56 Å². The SMILES string of the molecule is CN(C)C1CCN(c2ccc(-c3nc4nccc(C(=O)O)c4[nH]3)cc2)C1. The fraction of sp³-hybridized carbons (Fsp3) is 0.316. The maximum atomic E-state index is 11.3. The Kier molecular flexibility index (Phi) is 4.08. The van der Waals surface area contributed by atoms with E-state index in [9.17, 15) is 9.90 Å². The number of aromatic amines is 1. The topological polar surface area (TPSA) is 85.3 Å². The summed E-state index contributed by atoms with van der Waals surface area (Å²) in [6.45, 7) is 2.08. The molecule has 134 valence electrons. The van der Waals surface area contributed by atoms with Crippen LogP contribution in [0.4, 0.5) is 5.69 Å². The first-order valence-corrected chi connectivity index (χ1v) is 8.63. The fourth-order valence-electron chi connectivity index (χ4n) is 3.45. The van der Waals surface area contributed by atoms with Crippen molar-refractivity contribution in [3.63, 3.8) is 0 Å². The van der Waals surface area contributed by atoms with Crippen LogP contribution < -0.4 is 4.90 Å². The van der Waals surface area contributed by atoms with E-state index < -0.39 is 5.97 Å². The summed E-state index contributed by atoms with van der Waals surface area (Å²) >= 11 is 0. The number of rotatable bonds is 4. The van der Waals surface area contributed by atoms with Crippen molar-refractivity contribution in [2.24, 2.45) is 0 Å². The van der Waals surface area contributed by atoms with Crippen molar-refractivity contribution in [1.29, 1.82) is 0 Å². The number of imidazole rings is 1. The molecule has 1 atom stereocenters. The molecule has 1 aliphatic rings. The molecule has 2 N–H and O–H groups in total. The van der Waals surface area contributed by atoms with E-state index in [0.29, 0.717) is 23.0 Å². The number of pyridine rings is 1. The first-order chi connectivity index (χ1) is 12.5. The minimum atomic E-state index is -0.993. The molecule has 26 heavy (non-hydrogen) atoms. The molecular formula is C19H21N5O2. The standard InChI is InChI=1S/C19H21N5O2/c1-23(2)14-8-10-24(11-14)13-5-3-12(4-6-13)17-21-16-15(19(25)26)7-9-20-18(16)22-17/h3-7,9,14H,8,10-11H2,1-2H3,(H,25,26)(H,20,21,22). The van der Waals surface area contributed by atoms with Crippen molar-refractivity contribution in [2.45, 2.75) is 12.5 Å². The van der Waals surface area contributed by atoms with Crippen LogP contribution >= 0.6 is 0 Å². The number of carboxylic acid groups (broad SMARTS) is 1. The first kappa shape index (κ1) is 16.5. The molecule has 0 spiro atoms. The summed E-state index contributed by atoms with van der Waals surface area (Å²) < 4.78 is 0. The van der Waals surface area contributed by atoms with E-state index in [4.69, 9.17) is 0 Å². The molecule has 0 radical (unpaired) electrons. The Morgan fingerprint density at radius 1 is 1.27 bits per heavy atom. The Hall–Kier alpha value is -2.93. The van der Waals surface area contributed by atoms with Crippen molar-refractivity contribution in [3.05, 3.63) is 42.1 Å². The average Bonchev–Trinajstić information content (AvgIpc) is 3.28. The number of aromatic carboxylic acids is 1. The van der Waals surface area contributed by atoms with Gasteiger partial charge in [-0.05, 0) is 50.8 Å². The first-order valence-electron chi connectivity index (χ1n) is 8.63. The van der Waals surface area contributed by atoms with Gasteiger partial charge in [-0.1, -0.05) is 0 Å². The molecule has 1 fully saturated rings. The lowest BCUT2D eigenvalue weighted by Crippen LogP contribution is -2.31. The molecule has 1 unspecified atom stereocenters. The number of fused-ring (bicyclic) bond motifs is 1. The van der Waals surface area contributed by atoms with E-state index in [1.807, 2.05) is 12.1 Å². The minimum absolute atomic E-state index is 0.178. The van der Waals surface area contributed by atoms with Crippen molar-refractivity contribution >= 4 is 22.8 Å². The van der Waals surface area contributed by atoms with Crippen LogP contribution in [-0.2, 0) is 0 Å². The molecule has 2 aromatic heterocycles. The largest absolute Gasteiger partial charge is 0.478 e. The Morgan fingerprint density at radius 3 is 2.69 bits per heavy atom. The molecule has 0 saturated carbocycles. The number of hydrogen-bond donors (Lipinski definition) is 2. The van der Waals surface area contributed by atoms with Crippen molar-refractivity contribution in [2.75, 3.05) is 32.1 Å². The summed E-state index contributed by atoms with van der Waals surface area (Å²) in [5.74, 6) is -0.368. The van der Waals surface area contributed by atoms with Gasteiger partial charge in [0, 0.05) is 36.6 Å². The molecular weight excluding hydrogens is 330 g/mol. The highest BCUT2D eigenvalue weighted by atomic mass is 16.4. The number of aromatic nitrogens is 3. The second-order valence-corrected chi connectivity index (χ2v) is 6.85. The molecule has 7 nitrogen and oxygen atoms in total. The Morgan fingerprint density at radius 2 is 2.04 bits per heavy atom. The van der Waals surface area contributed by atoms with Gasteiger partial charge in [-0.3, -0.25) is 0 Å². The van der Waals surface area contributed by atoms with Gasteiger partial charge in [0.1, 0.15) is 5.82 Å². The molecule has 0 aliphatic carbocycles. The molecule has 1 aliphatic heterocycles. The van der Waals surface area contributed by atoms with Gasteiger partial charge in [0.25, 0.3) is 0 Å². The zero-order valence-corrected chi connectivity index (χ0v) is 14.8. The number of carbonyl (C=O) groups is 1. The molecule has 1 saturated heterocycles. The number of nitrogens with one attached hydrogen (secondary N) is 1. The van der Waals surface area contributed by atoms with E-state index in [2.05, 4.69) is 51.0 Å². The quantitative estimate of drug-likeness (QED) is 0.751. The maximum absolute atomic E-state index is 11.3. The van der Waals surface area contributed by atoms with Crippen LogP contribution in [0.15, 0.2) is 36.5 Å². The Labute approximate surface area is 151 Å². The minimum Gasteiger partial charge on any atom is -0.478 e. The van der Waals surface area contributed by atoms with E-state index in [1.54, 1.807) is 0 Å². The van der Waals surface area contributed by atoms with Gasteiger partial charge < -0.3 is 19.9 Å². The summed E-state index contributed by atoms with van der Waals surface area (Å²) in [7, 11) is 4.25. The number of benzene rings is 1. The molecule has 0 bridgehead atoms. The molecule has 3 aromatic rings. The molecule has 1 aromatic carbocycles. The zero-order valence-electron chi connectivity index (χ0n) is 14.8. The monoisotopic (exact) mass is 351 g/mol. The molecule has 4 rings (SSSR count). The molecule has 0 amide bonds. The van der Waals surface area contributed by atoms with Gasteiger partial charge in [-0.2, -0.15) is 0 Å². The highest BCUT2D eigenvalue weighted by molar-refractivity contribution is 6.00. The van der Waals surface area contributed by atoms with E-state index in [0.717, 1.165) is 18.7 Å². The normalized spacial score (nSPS) is 17.3. The van der Waals surface area contributed by atoms with Gasteiger partial charge in [0.2, 0.25) is 0 Å². The average molecular weight is 351 g/mol. The third kappa shape index (κ3) is 2.90. The third-order valence-corrected chi connectivity index (χ3v) is 5.02. The Bertz CT molecular complexity index is 948. The molecule has 3 heterocycles. The number of likely N-dealkylation sites (N-methyl/N-ethyl adjacent to an activating group) is 1. The summed E-state index contributed by atoms with van der Waals surface area (Å²) in [6.07, 6.45) is 2.63. The van der Waals surface area contributed by atoms with Crippen LogP contribution in [0.2, 0.25) is 0 Å². The van der Waals surface area contributed by atoms with Crippen LogP contribution in [0.25, 0.3) is 22.6 Å². The van der Waals surface area contributed by atoms with Gasteiger partial charge in [-0.15, -0.1) is 0 Å². The lowest BCUT2D eigenvalue weighted by atomic mass is 10.2. The highest BCUT2D eigenvalue weighted by Gasteiger charge is 2.24. The van der Waals surface area contributed by atoms with Crippen molar-refractivity contribution < 1.29 is 9.90 Å². The van der Waals surface area contributed by atoms with Crippen LogP contribution in [0.3, 0.4) is 0 Å². The summed E-state index contributed by atoms with van der Waals surface area (Å²) in [5, 5.41) is 9.30. The number of nitrogens with zero attached hydrogens (tertiary/aromatic N) is 4. The number of carboxylic acids is 1. The Balaban J connectivity index is 1.60. The predicted molar refractivity (Wildman–Crippen MR) is 101 cm³/mol. The summed E-state index contributed by atoms with van der Waals surface area (Å²) in [5.41, 5.74) is 3.15. The second-order valence-electron chi connectivity index (χ2n) is 6.85. The van der Waals surface area contributed by atoms with Gasteiger partial charge in [0.05, 0.1) is 11.1 Å². The summed E-state index contributed by atoms with van der Waals surface area (Å²) in [4.78, 5) is 27.7. The van der Waals surface area contributed by atoms with Crippen LogP contribution in [0.1, 0.15) is 16.8 Å². The number of anilines is 1. The van der Waals surface area contributed by atoms with Crippen molar-refractivity contribution in [3.8, 4) is 11.4 Å². The zero-order chi connectivity index (χ0) is 18.3. The third-order valence-electron chi connectivity index (χ3n) is 5.02. The number of hydrogen-bond acceptors (Lipinski definition) is 5.